The van der Waals surface area contributed by atoms with E-state index in [2.05, 4.69) is 19.2 Å². The van der Waals surface area contributed by atoms with E-state index in [1.54, 1.807) is 0 Å². The van der Waals surface area contributed by atoms with Crippen LogP contribution < -0.4 is 5.32 Å². The van der Waals surface area contributed by atoms with E-state index in [0.29, 0.717) is 12.8 Å². The predicted molar refractivity (Wildman–Crippen MR) is 337 cm³/mol. The van der Waals surface area contributed by atoms with Crippen LogP contribution in [-0.2, 0) is 14.3 Å². The maximum atomic E-state index is 13.2. The van der Waals surface area contributed by atoms with E-state index in [-0.39, 0.29) is 12.5 Å². The van der Waals surface area contributed by atoms with Gasteiger partial charge in [0.05, 0.1) is 25.4 Å². The lowest BCUT2D eigenvalue weighted by Gasteiger charge is -2.40. The van der Waals surface area contributed by atoms with E-state index >= 15 is 0 Å². The van der Waals surface area contributed by atoms with Crippen molar-refractivity contribution in [2.24, 2.45) is 0 Å². The van der Waals surface area contributed by atoms with Gasteiger partial charge in [-0.25, -0.2) is 0 Å². The number of ether oxygens (including phenoxy) is 2. The zero-order valence-corrected chi connectivity index (χ0v) is 52.9. The number of rotatable bonds is 64. The lowest BCUT2D eigenvalue weighted by molar-refractivity contribution is -0.302. The molecule has 1 saturated heterocycles. The maximum Gasteiger partial charge on any atom is 0.220 e. The molecule has 0 aromatic carbocycles. The van der Waals surface area contributed by atoms with Crippen molar-refractivity contribution in [3.8, 4) is 0 Å². The van der Waals surface area contributed by atoms with Crippen molar-refractivity contribution in [3.05, 3.63) is 0 Å². The van der Waals surface area contributed by atoms with E-state index in [4.69, 9.17) is 9.47 Å². The Labute approximate surface area is 491 Å². The second kappa shape index (κ2) is 60.3. The first-order valence-corrected chi connectivity index (χ1v) is 35.7. The van der Waals surface area contributed by atoms with Gasteiger partial charge in [0, 0.05) is 6.42 Å². The van der Waals surface area contributed by atoms with E-state index in [1.165, 1.54) is 321 Å². The molecule has 79 heavy (non-hydrogen) atoms. The first kappa shape index (κ1) is 76.2. The lowest BCUT2D eigenvalue weighted by Crippen LogP contribution is -2.60. The molecule has 0 spiro atoms. The van der Waals surface area contributed by atoms with Gasteiger partial charge in [-0.1, -0.05) is 367 Å². The number of amides is 1. The molecule has 0 radical (unpaired) electrons. The molecule has 1 fully saturated rings. The quantitative estimate of drug-likeness (QED) is 0.0330. The fraction of sp³-hybridized carbons (Fsp3) is 0.986. The second-order valence-corrected chi connectivity index (χ2v) is 25.4. The first-order chi connectivity index (χ1) is 38.8. The fourth-order valence-corrected chi connectivity index (χ4v) is 12.1. The minimum Gasteiger partial charge on any atom is -0.394 e. The third-order valence-electron chi connectivity index (χ3n) is 17.7. The molecule has 1 aliphatic heterocycles. The van der Waals surface area contributed by atoms with Gasteiger partial charge >= 0.3 is 0 Å². The summed E-state index contributed by atoms with van der Waals surface area (Å²) in [5.74, 6) is -0.133. The van der Waals surface area contributed by atoms with Crippen LogP contribution in [0.3, 0.4) is 0 Å². The summed E-state index contributed by atoms with van der Waals surface area (Å²) in [4.78, 5) is 13.2. The molecule has 0 saturated carbocycles. The molecule has 9 nitrogen and oxygen atoms in total. The average Bonchev–Trinajstić information content (AvgIpc) is 3.47. The van der Waals surface area contributed by atoms with Crippen LogP contribution in [0, 0.1) is 0 Å². The number of aliphatic hydroxyl groups excluding tert-OH is 5. The highest BCUT2D eigenvalue weighted by Crippen LogP contribution is 2.24. The molecule has 1 rings (SSSR count). The molecule has 0 aromatic rings. The van der Waals surface area contributed by atoms with E-state index in [9.17, 15) is 30.3 Å². The Balaban J connectivity index is 2.09. The lowest BCUT2D eigenvalue weighted by atomic mass is 9.99. The van der Waals surface area contributed by atoms with Crippen LogP contribution in [0.25, 0.3) is 0 Å². The zero-order valence-electron chi connectivity index (χ0n) is 52.9. The number of unbranched alkanes of at least 4 members (excludes halogenated alkanes) is 54. The number of aliphatic hydroxyl groups is 5. The summed E-state index contributed by atoms with van der Waals surface area (Å²) < 4.78 is 11.4. The zero-order chi connectivity index (χ0) is 57.2. The third kappa shape index (κ3) is 49.2. The predicted octanol–water partition coefficient (Wildman–Crippen LogP) is 19.3. The van der Waals surface area contributed by atoms with Crippen LogP contribution in [-0.4, -0.2) is 87.5 Å². The maximum absolute atomic E-state index is 13.2. The summed E-state index contributed by atoms with van der Waals surface area (Å²) >= 11 is 0. The number of carbonyl (C=O) groups is 1. The van der Waals surface area contributed by atoms with Crippen molar-refractivity contribution in [1.82, 2.24) is 5.32 Å². The molecule has 0 aromatic heterocycles. The molecule has 7 atom stereocenters. The summed E-state index contributed by atoms with van der Waals surface area (Å²) in [6.07, 6.45) is 68.9. The molecule has 0 aliphatic carbocycles. The van der Waals surface area contributed by atoms with Gasteiger partial charge in [0.15, 0.2) is 6.29 Å². The third-order valence-corrected chi connectivity index (χ3v) is 17.7. The molecular weight excluding hydrogens is 983 g/mol. The first-order valence-electron chi connectivity index (χ1n) is 35.7. The molecule has 6 N–H and O–H groups in total. The van der Waals surface area contributed by atoms with Crippen molar-refractivity contribution >= 4 is 5.91 Å². The second-order valence-electron chi connectivity index (χ2n) is 25.4. The average molecular weight is 1120 g/mol. The number of hydrogen-bond donors (Lipinski definition) is 6. The van der Waals surface area contributed by atoms with Gasteiger partial charge in [-0.15, -0.1) is 0 Å². The van der Waals surface area contributed by atoms with Crippen molar-refractivity contribution in [1.29, 1.82) is 0 Å². The van der Waals surface area contributed by atoms with Crippen LogP contribution in [0.2, 0.25) is 0 Å². The summed E-state index contributed by atoms with van der Waals surface area (Å²) in [6, 6.07) is -0.715. The smallest absolute Gasteiger partial charge is 0.220 e. The summed E-state index contributed by atoms with van der Waals surface area (Å²) in [7, 11) is 0. The van der Waals surface area contributed by atoms with Crippen LogP contribution in [0.1, 0.15) is 386 Å². The SMILES string of the molecule is CCCCCCCCCCCCCCCCCCCCCCCCCCCCCCCC(=O)NC(COC1OC(CO)C(O)C(O)C1O)C(O)CCCCCCCCCCCCCCCCCCCCCCCCCCCCC. The van der Waals surface area contributed by atoms with Gasteiger partial charge < -0.3 is 40.3 Å². The van der Waals surface area contributed by atoms with E-state index in [0.717, 1.165) is 38.5 Å². The monoisotopic (exact) mass is 1120 g/mol. The van der Waals surface area contributed by atoms with Crippen molar-refractivity contribution < 1.29 is 39.8 Å². The molecule has 0 bridgehead atoms. The molecule has 1 aliphatic rings. The van der Waals surface area contributed by atoms with Gasteiger partial charge in [-0.2, -0.15) is 0 Å². The fourth-order valence-electron chi connectivity index (χ4n) is 12.1. The summed E-state index contributed by atoms with van der Waals surface area (Å²) in [5, 5.41) is 55.0. The Hall–Kier alpha value is -0.810. The normalized spacial score (nSPS) is 18.4. The van der Waals surface area contributed by atoms with Crippen molar-refractivity contribution in [2.45, 2.75) is 429 Å². The van der Waals surface area contributed by atoms with Crippen LogP contribution >= 0.6 is 0 Å². The highest BCUT2D eigenvalue weighted by molar-refractivity contribution is 5.76. The molecular formula is C70H139NO8. The van der Waals surface area contributed by atoms with Crippen LogP contribution in [0.15, 0.2) is 0 Å². The van der Waals surface area contributed by atoms with Crippen LogP contribution in [0.5, 0.6) is 0 Å². The Kier molecular flexibility index (Phi) is 58.2. The van der Waals surface area contributed by atoms with E-state index in [1.807, 2.05) is 0 Å². The topological polar surface area (TPSA) is 149 Å². The van der Waals surface area contributed by atoms with E-state index < -0.39 is 49.5 Å². The molecule has 7 unspecified atom stereocenters. The van der Waals surface area contributed by atoms with Crippen LogP contribution in [0.4, 0.5) is 0 Å². The minimum absolute atomic E-state index is 0.130. The number of hydrogen-bond acceptors (Lipinski definition) is 8. The van der Waals surface area contributed by atoms with Crippen molar-refractivity contribution in [3.63, 3.8) is 0 Å². The molecule has 1 heterocycles. The minimum atomic E-state index is -1.55. The van der Waals surface area contributed by atoms with Gasteiger partial charge in [-0.3, -0.25) is 4.79 Å². The summed E-state index contributed by atoms with van der Waals surface area (Å²) in [6.45, 7) is 3.91. The molecule has 472 valence electrons. The largest absolute Gasteiger partial charge is 0.394 e. The Bertz CT molecular complexity index is 1210. The van der Waals surface area contributed by atoms with Gasteiger partial charge in [0.1, 0.15) is 24.4 Å². The molecule has 9 heteroatoms. The standard InChI is InChI=1S/C70H139NO8/c1-3-5-7-9-11-13-15-17-19-21-23-25-27-29-31-32-34-36-38-40-42-44-46-48-50-52-54-56-58-60-66(74)71-63(62-78-70-69(77)68(76)67(75)65(61-72)79-70)64(73)59-57-55-53-51-49-47-45-43-41-39-37-35-33-30-28-26-24-22-20-18-16-14-12-10-8-6-4-2/h63-65,67-70,72-73,75-77H,3-62H2,1-2H3,(H,71,74). The number of nitrogens with one attached hydrogen (secondary N) is 1. The van der Waals surface area contributed by atoms with Gasteiger partial charge in [0.2, 0.25) is 5.91 Å². The highest BCUT2D eigenvalue weighted by atomic mass is 16.7. The Morgan fingerprint density at radius 2 is 0.633 bits per heavy atom. The van der Waals surface area contributed by atoms with Crippen molar-refractivity contribution in [2.75, 3.05) is 13.2 Å². The number of carbonyl (C=O) groups excluding carboxylic acids is 1. The Morgan fingerprint density at radius 1 is 0.380 bits per heavy atom. The molecule has 1 amide bonds. The highest BCUT2D eigenvalue weighted by Gasteiger charge is 2.44. The van der Waals surface area contributed by atoms with Gasteiger partial charge in [0.25, 0.3) is 0 Å². The summed E-state index contributed by atoms with van der Waals surface area (Å²) in [5.41, 5.74) is 0. The Morgan fingerprint density at radius 3 is 0.899 bits per heavy atom. The van der Waals surface area contributed by atoms with Gasteiger partial charge in [-0.05, 0) is 12.8 Å².